The minimum atomic E-state index is -0.156. The number of aryl methyl sites for hydroxylation is 1. The maximum atomic E-state index is 11.5. The molecule has 0 atom stereocenters. The van der Waals surface area contributed by atoms with Crippen LogP contribution in [-0.2, 0) is 9.53 Å². The SMILES string of the molecule is CCOCC(=O)Nc1ccc(C#CCN)c(C)c1. The van der Waals surface area contributed by atoms with Gasteiger partial charge in [-0.25, -0.2) is 0 Å². The van der Waals surface area contributed by atoms with Crippen molar-refractivity contribution < 1.29 is 9.53 Å². The summed E-state index contributed by atoms with van der Waals surface area (Å²) in [5, 5.41) is 2.76. The van der Waals surface area contributed by atoms with Crippen molar-refractivity contribution in [2.24, 2.45) is 5.73 Å². The number of rotatable bonds is 4. The molecular weight excluding hydrogens is 228 g/mol. The zero-order valence-electron chi connectivity index (χ0n) is 10.7. The summed E-state index contributed by atoms with van der Waals surface area (Å²) in [5.74, 6) is 5.62. The summed E-state index contributed by atoms with van der Waals surface area (Å²) >= 11 is 0. The summed E-state index contributed by atoms with van der Waals surface area (Å²) in [6.07, 6.45) is 0. The van der Waals surface area contributed by atoms with E-state index in [9.17, 15) is 4.79 Å². The summed E-state index contributed by atoms with van der Waals surface area (Å²) in [5.41, 5.74) is 7.99. The Hall–Kier alpha value is -1.83. The molecule has 4 heteroatoms. The first-order valence-electron chi connectivity index (χ1n) is 5.84. The number of carbonyl (C=O) groups excluding carboxylic acids is 1. The molecule has 0 unspecified atom stereocenters. The largest absolute Gasteiger partial charge is 0.372 e. The summed E-state index contributed by atoms with van der Waals surface area (Å²) in [7, 11) is 0. The van der Waals surface area contributed by atoms with E-state index >= 15 is 0 Å². The molecule has 18 heavy (non-hydrogen) atoms. The average Bonchev–Trinajstić information content (AvgIpc) is 2.35. The van der Waals surface area contributed by atoms with Gasteiger partial charge in [0.25, 0.3) is 0 Å². The van der Waals surface area contributed by atoms with E-state index in [-0.39, 0.29) is 12.5 Å². The van der Waals surface area contributed by atoms with Crippen LogP contribution in [0.5, 0.6) is 0 Å². The Morgan fingerprint density at radius 1 is 1.50 bits per heavy atom. The van der Waals surface area contributed by atoms with Gasteiger partial charge in [-0.05, 0) is 37.6 Å². The molecule has 0 bridgehead atoms. The van der Waals surface area contributed by atoms with Crippen LogP contribution in [0.3, 0.4) is 0 Å². The lowest BCUT2D eigenvalue weighted by atomic mass is 10.1. The van der Waals surface area contributed by atoms with Gasteiger partial charge in [0.2, 0.25) is 5.91 Å². The number of nitrogens with one attached hydrogen (secondary N) is 1. The van der Waals surface area contributed by atoms with E-state index in [0.717, 1.165) is 16.8 Å². The molecule has 0 spiro atoms. The second-order valence-electron chi connectivity index (χ2n) is 3.72. The normalized spacial score (nSPS) is 9.50. The molecule has 0 fully saturated rings. The molecule has 0 aliphatic heterocycles. The minimum absolute atomic E-state index is 0.0737. The lowest BCUT2D eigenvalue weighted by Crippen LogP contribution is -2.18. The van der Waals surface area contributed by atoms with Crippen LogP contribution in [0.15, 0.2) is 18.2 Å². The Bertz CT molecular complexity index is 472. The predicted molar refractivity (Wildman–Crippen MR) is 72.2 cm³/mol. The smallest absolute Gasteiger partial charge is 0.250 e. The van der Waals surface area contributed by atoms with Crippen molar-refractivity contribution in [2.75, 3.05) is 25.1 Å². The first-order valence-corrected chi connectivity index (χ1v) is 5.84. The second-order valence-corrected chi connectivity index (χ2v) is 3.72. The molecule has 1 aromatic carbocycles. The Morgan fingerprint density at radius 3 is 2.89 bits per heavy atom. The van der Waals surface area contributed by atoms with Crippen LogP contribution in [0.1, 0.15) is 18.1 Å². The maximum Gasteiger partial charge on any atom is 0.250 e. The Labute approximate surface area is 108 Å². The van der Waals surface area contributed by atoms with Crippen molar-refractivity contribution in [3.63, 3.8) is 0 Å². The van der Waals surface area contributed by atoms with Gasteiger partial charge in [-0.15, -0.1) is 0 Å². The second kappa shape index (κ2) is 7.49. The molecule has 0 saturated heterocycles. The van der Waals surface area contributed by atoms with Gasteiger partial charge >= 0.3 is 0 Å². The van der Waals surface area contributed by atoms with Crippen molar-refractivity contribution in [1.82, 2.24) is 0 Å². The summed E-state index contributed by atoms with van der Waals surface area (Å²) < 4.78 is 5.03. The van der Waals surface area contributed by atoms with E-state index in [1.54, 1.807) is 0 Å². The Morgan fingerprint density at radius 2 is 2.28 bits per heavy atom. The number of nitrogens with two attached hydrogens (primary N) is 1. The van der Waals surface area contributed by atoms with Crippen molar-refractivity contribution in [3.05, 3.63) is 29.3 Å². The van der Waals surface area contributed by atoms with Gasteiger partial charge in [0.15, 0.2) is 0 Å². The summed E-state index contributed by atoms with van der Waals surface area (Å²) in [6, 6.07) is 5.57. The average molecular weight is 246 g/mol. The Balaban J connectivity index is 2.69. The van der Waals surface area contributed by atoms with Gasteiger partial charge in [-0.3, -0.25) is 4.79 Å². The number of ether oxygens (including phenoxy) is 1. The number of hydrogen-bond acceptors (Lipinski definition) is 3. The number of benzene rings is 1. The van der Waals surface area contributed by atoms with Crippen LogP contribution >= 0.6 is 0 Å². The lowest BCUT2D eigenvalue weighted by molar-refractivity contribution is -0.120. The van der Waals surface area contributed by atoms with E-state index < -0.39 is 0 Å². The molecule has 0 aromatic heterocycles. The predicted octanol–water partition coefficient (Wildman–Crippen LogP) is 1.28. The fraction of sp³-hybridized carbons (Fsp3) is 0.357. The van der Waals surface area contributed by atoms with Crippen molar-refractivity contribution in [1.29, 1.82) is 0 Å². The van der Waals surface area contributed by atoms with Crippen LogP contribution in [0.25, 0.3) is 0 Å². The molecule has 1 rings (SSSR count). The fourth-order valence-electron chi connectivity index (χ4n) is 1.42. The molecular formula is C14H18N2O2. The van der Waals surface area contributed by atoms with Gasteiger partial charge in [0.1, 0.15) is 6.61 Å². The molecule has 3 N–H and O–H groups in total. The fourth-order valence-corrected chi connectivity index (χ4v) is 1.42. The van der Waals surface area contributed by atoms with Crippen LogP contribution in [0.4, 0.5) is 5.69 Å². The van der Waals surface area contributed by atoms with E-state index in [0.29, 0.717) is 13.2 Å². The monoisotopic (exact) mass is 246 g/mol. The summed E-state index contributed by atoms with van der Waals surface area (Å²) in [6.45, 7) is 4.73. The highest BCUT2D eigenvalue weighted by Crippen LogP contribution is 2.14. The lowest BCUT2D eigenvalue weighted by Gasteiger charge is -2.07. The first-order chi connectivity index (χ1) is 8.67. The number of amides is 1. The molecule has 1 amide bonds. The highest BCUT2D eigenvalue weighted by atomic mass is 16.5. The van der Waals surface area contributed by atoms with Crippen molar-refractivity contribution >= 4 is 11.6 Å². The third-order valence-electron chi connectivity index (χ3n) is 2.27. The van der Waals surface area contributed by atoms with Gasteiger partial charge in [0.05, 0.1) is 6.54 Å². The van der Waals surface area contributed by atoms with Crippen LogP contribution in [0.2, 0.25) is 0 Å². The molecule has 0 heterocycles. The molecule has 4 nitrogen and oxygen atoms in total. The number of anilines is 1. The Kier molecular flexibility index (Phi) is 5.92. The highest BCUT2D eigenvalue weighted by molar-refractivity contribution is 5.91. The summed E-state index contributed by atoms with van der Waals surface area (Å²) in [4.78, 5) is 11.5. The van der Waals surface area contributed by atoms with Crippen LogP contribution in [0, 0.1) is 18.8 Å². The zero-order chi connectivity index (χ0) is 13.4. The highest BCUT2D eigenvalue weighted by Gasteiger charge is 2.03. The van der Waals surface area contributed by atoms with E-state index in [1.165, 1.54) is 0 Å². The van der Waals surface area contributed by atoms with Gasteiger partial charge in [-0.1, -0.05) is 11.8 Å². The van der Waals surface area contributed by atoms with E-state index in [1.807, 2.05) is 32.0 Å². The van der Waals surface area contributed by atoms with Crippen LogP contribution in [-0.4, -0.2) is 25.7 Å². The molecule has 0 radical (unpaired) electrons. The minimum Gasteiger partial charge on any atom is -0.372 e. The first kappa shape index (κ1) is 14.2. The zero-order valence-corrected chi connectivity index (χ0v) is 10.7. The standard InChI is InChI=1S/C14H18N2O2/c1-3-18-10-14(17)16-13-7-6-12(5-4-8-15)11(2)9-13/h6-7,9H,3,8,10,15H2,1-2H3,(H,16,17). The molecule has 0 aliphatic rings. The van der Waals surface area contributed by atoms with Crippen molar-refractivity contribution in [2.45, 2.75) is 13.8 Å². The molecule has 0 saturated carbocycles. The molecule has 96 valence electrons. The van der Waals surface area contributed by atoms with Gasteiger partial charge in [-0.2, -0.15) is 0 Å². The third kappa shape index (κ3) is 4.58. The van der Waals surface area contributed by atoms with Gasteiger partial charge in [0, 0.05) is 17.9 Å². The number of hydrogen-bond donors (Lipinski definition) is 2. The van der Waals surface area contributed by atoms with Crippen molar-refractivity contribution in [3.8, 4) is 11.8 Å². The third-order valence-corrected chi connectivity index (χ3v) is 2.27. The maximum absolute atomic E-state index is 11.5. The number of carbonyl (C=O) groups is 1. The molecule has 1 aromatic rings. The van der Waals surface area contributed by atoms with E-state index in [2.05, 4.69) is 17.2 Å². The van der Waals surface area contributed by atoms with Gasteiger partial charge < -0.3 is 15.8 Å². The quantitative estimate of drug-likeness (QED) is 0.787. The molecule has 0 aliphatic carbocycles. The topological polar surface area (TPSA) is 64.3 Å². The van der Waals surface area contributed by atoms with Crippen LogP contribution < -0.4 is 11.1 Å². The van der Waals surface area contributed by atoms with E-state index in [4.69, 9.17) is 10.5 Å².